The Balaban J connectivity index is 1.68. The van der Waals surface area contributed by atoms with Gasteiger partial charge in [0.15, 0.2) is 0 Å². The Bertz CT molecular complexity index is 714. The molecule has 0 aromatic carbocycles. The number of rotatable bonds is 2. The number of hydrogen-bond acceptors (Lipinski definition) is 6. The minimum absolute atomic E-state index is 0.0503. The van der Waals surface area contributed by atoms with Crippen molar-refractivity contribution in [2.75, 3.05) is 44.7 Å². The first kappa shape index (κ1) is 14.8. The second kappa shape index (κ2) is 5.42. The van der Waals surface area contributed by atoms with Gasteiger partial charge in [-0.2, -0.15) is 9.61 Å². The van der Waals surface area contributed by atoms with Crippen molar-refractivity contribution in [3.8, 4) is 0 Å². The van der Waals surface area contributed by atoms with E-state index >= 15 is 0 Å². The quantitative estimate of drug-likeness (QED) is 0.829. The van der Waals surface area contributed by atoms with Crippen LogP contribution in [0.3, 0.4) is 0 Å². The number of aromatic nitrogens is 4. The third-order valence-electron chi connectivity index (χ3n) is 4.96. The zero-order valence-electron chi connectivity index (χ0n) is 14.1. The summed E-state index contributed by atoms with van der Waals surface area (Å²) in [6.45, 7) is 9.04. The van der Waals surface area contributed by atoms with Crippen LogP contribution in [0.4, 0.5) is 5.69 Å². The molecule has 0 bridgehead atoms. The lowest BCUT2D eigenvalue weighted by molar-refractivity contribution is -0.0885. The SMILES string of the molecule is CC(C)c1cc(N2CCC3(CN(C)CCO3)C2)c2nncn2n1. The molecule has 0 N–H and O–H groups in total. The van der Waals surface area contributed by atoms with Crippen LogP contribution in [0.5, 0.6) is 0 Å². The molecule has 2 aromatic heterocycles. The van der Waals surface area contributed by atoms with E-state index in [2.05, 4.69) is 52.1 Å². The predicted molar refractivity (Wildman–Crippen MR) is 87.9 cm³/mol. The van der Waals surface area contributed by atoms with E-state index in [4.69, 9.17) is 4.74 Å². The Morgan fingerprint density at radius 2 is 2.13 bits per heavy atom. The van der Waals surface area contributed by atoms with Gasteiger partial charge in [-0.1, -0.05) is 13.8 Å². The largest absolute Gasteiger partial charge is 0.370 e. The van der Waals surface area contributed by atoms with Gasteiger partial charge in [-0.3, -0.25) is 0 Å². The summed E-state index contributed by atoms with van der Waals surface area (Å²) < 4.78 is 7.97. The Hall–Kier alpha value is -1.73. The summed E-state index contributed by atoms with van der Waals surface area (Å²) in [5.74, 6) is 0.370. The molecular weight excluding hydrogens is 292 g/mol. The Morgan fingerprint density at radius 1 is 1.26 bits per heavy atom. The Morgan fingerprint density at radius 3 is 2.91 bits per heavy atom. The van der Waals surface area contributed by atoms with Gasteiger partial charge in [0.25, 0.3) is 0 Å². The molecule has 2 aliphatic rings. The summed E-state index contributed by atoms with van der Waals surface area (Å²) >= 11 is 0. The van der Waals surface area contributed by atoms with Crippen molar-refractivity contribution in [3.63, 3.8) is 0 Å². The molecule has 2 saturated heterocycles. The number of hydrogen-bond donors (Lipinski definition) is 0. The number of nitrogens with zero attached hydrogens (tertiary/aromatic N) is 6. The molecule has 1 unspecified atom stereocenters. The molecule has 0 saturated carbocycles. The van der Waals surface area contributed by atoms with E-state index in [0.717, 1.165) is 56.2 Å². The maximum atomic E-state index is 6.18. The van der Waals surface area contributed by atoms with Gasteiger partial charge in [-0.25, -0.2) is 0 Å². The van der Waals surface area contributed by atoms with E-state index in [-0.39, 0.29) is 5.60 Å². The topological polar surface area (TPSA) is 58.8 Å². The molecule has 4 heterocycles. The summed E-state index contributed by atoms with van der Waals surface area (Å²) in [7, 11) is 2.17. The number of likely N-dealkylation sites (N-methyl/N-ethyl adjacent to an activating group) is 1. The van der Waals surface area contributed by atoms with E-state index in [0.29, 0.717) is 5.92 Å². The molecule has 2 aromatic rings. The highest BCUT2D eigenvalue weighted by Crippen LogP contribution is 2.34. The van der Waals surface area contributed by atoms with Crippen LogP contribution in [-0.4, -0.2) is 70.1 Å². The van der Waals surface area contributed by atoms with Crippen LogP contribution >= 0.6 is 0 Å². The van der Waals surface area contributed by atoms with Crippen molar-refractivity contribution in [2.24, 2.45) is 0 Å². The second-order valence-electron chi connectivity index (χ2n) is 7.15. The molecular formula is C16H24N6O. The molecule has 0 amide bonds. The summed E-state index contributed by atoms with van der Waals surface area (Å²) in [4.78, 5) is 4.75. The van der Waals surface area contributed by atoms with Crippen LogP contribution in [0.2, 0.25) is 0 Å². The van der Waals surface area contributed by atoms with Gasteiger partial charge >= 0.3 is 0 Å². The van der Waals surface area contributed by atoms with E-state index in [1.165, 1.54) is 0 Å². The lowest BCUT2D eigenvalue weighted by Gasteiger charge is -2.38. The average molecular weight is 316 g/mol. The molecule has 7 heteroatoms. The highest BCUT2D eigenvalue weighted by molar-refractivity contribution is 5.69. The van der Waals surface area contributed by atoms with E-state index in [1.807, 2.05) is 0 Å². The Kier molecular flexibility index (Phi) is 3.50. The minimum Gasteiger partial charge on any atom is -0.370 e. The maximum Gasteiger partial charge on any atom is 0.200 e. The summed E-state index contributed by atoms with van der Waals surface area (Å²) in [5.41, 5.74) is 2.96. The fraction of sp³-hybridized carbons (Fsp3) is 0.688. The number of anilines is 1. The number of morpholine rings is 1. The fourth-order valence-corrected chi connectivity index (χ4v) is 3.68. The van der Waals surface area contributed by atoms with Gasteiger partial charge in [0, 0.05) is 26.2 Å². The van der Waals surface area contributed by atoms with Crippen molar-refractivity contribution < 1.29 is 4.74 Å². The standard InChI is InChI=1S/C16H24N6O/c1-12(2)13-8-14(15-18-17-11-22(15)19-13)21-5-4-16(10-21)9-20(3)6-7-23-16/h8,11-12H,4-7,9-10H2,1-3H3. The fourth-order valence-electron chi connectivity index (χ4n) is 3.68. The molecule has 1 spiro atoms. The lowest BCUT2D eigenvalue weighted by Crippen LogP contribution is -2.51. The molecule has 2 fully saturated rings. The van der Waals surface area contributed by atoms with Crippen molar-refractivity contribution in [1.29, 1.82) is 0 Å². The minimum atomic E-state index is -0.0503. The predicted octanol–water partition coefficient (Wildman–Crippen LogP) is 1.16. The third-order valence-corrected chi connectivity index (χ3v) is 4.96. The first-order valence-electron chi connectivity index (χ1n) is 8.35. The Labute approximate surface area is 136 Å². The molecule has 124 valence electrons. The molecule has 23 heavy (non-hydrogen) atoms. The second-order valence-corrected chi connectivity index (χ2v) is 7.15. The zero-order valence-corrected chi connectivity index (χ0v) is 14.1. The maximum absolute atomic E-state index is 6.18. The van der Waals surface area contributed by atoms with Crippen molar-refractivity contribution in [2.45, 2.75) is 31.8 Å². The van der Waals surface area contributed by atoms with E-state index in [9.17, 15) is 0 Å². The molecule has 2 aliphatic heterocycles. The van der Waals surface area contributed by atoms with Crippen molar-refractivity contribution in [3.05, 3.63) is 18.1 Å². The van der Waals surface area contributed by atoms with Gasteiger partial charge < -0.3 is 14.5 Å². The van der Waals surface area contributed by atoms with Gasteiger partial charge in [0.1, 0.15) is 6.33 Å². The van der Waals surface area contributed by atoms with Crippen LogP contribution in [0.1, 0.15) is 31.9 Å². The van der Waals surface area contributed by atoms with Crippen molar-refractivity contribution >= 4 is 11.3 Å². The van der Waals surface area contributed by atoms with Crippen LogP contribution in [0, 0.1) is 0 Å². The van der Waals surface area contributed by atoms with Gasteiger partial charge in [0.2, 0.25) is 5.65 Å². The molecule has 7 nitrogen and oxygen atoms in total. The van der Waals surface area contributed by atoms with Crippen LogP contribution in [-0.2, 0) is 4.74 Å². The van der Waals surface area contributed by atoms with Gasteiger partial charge in [-0.05, 0) is 25.5 Å². The van der Waals surface area contributed by atoms with Gasteiger partial charge in [0.05, 0.1) is 23.6 Å². The van der Waals surface area contributed by atoms with E-state index in [1.54, 1.807) is 10.8 Å². The first-order valence-corrected chi connectivity index (χ1v) is 8.35. The van der Waals surface area contributed by atoms with E-state index < -0.39 is 0 Å². The van der Waals surface area contributed by atoms with Crippen molar-refractivity contribution in [1.82, 2.24) is 24.7 Å². The monoisotopic (exact) mass is 316 g/mol. The molecule has 0 aliphatic carbocycles. The van der Waals surface area contributed by atoms with Gasteiger partial charge in [-0.15, -0.1) is 10.2 Å². The summed E-state index contributed by atoms with van der Waals surface area (Å²) in [6.07, 6.45) is 2.73. The summed E-state index contributed by atoms with van der Waals surface area (Å²) in [5, 5.41) is 12.9. The third kappa shape index (κ3) is 2.57. The summed E-state index contributed by atoms with van der Waals surface area (Å²) in [6, 6.07) is 2.17. The number of ether oxygens (including phenoxy) is 1. The van der Waals surface area contributed by atoms with Crippen LogP contribution in [0.15, 0.2) is 12.4 Å². The smallest absolute Gasteiger partial charge is 0.200 e. The average Bonchev–Trinajstić information content (AvgIpc) is 3.13. The molecule has 1 atom stereocenters. The normalized spacial score (nSPS) is 26.0. The highest BCUT2D eigenvalue weighted by atomic mass is 16.5. The molecule has 0 radical (unpaired) electrons. The molecule has 4 rings (SSSR count). The highest BCUT2D eigenvalue weighted by Gasteiger charge is 2.42. The van der Waals surface area contributed by atoms with Crippen LogP contribution in [0.25, 0.3) is 5.65 Å². The first-order chi connectivity index (χ1) is 11.1. The zero-order chi connectivity index (χ0) is 16.0. The number of fused-ring (bicyclic) bond motifs is 1. The van der Waals surface area contributed by atoms with Crippen LogP contribution < -0.4 is 4.90 Å². The lowest BCUT2D eigenvalue weighted by atomic mass is 10.0.